The first-order chi connectivity index (χ1) is 15.0. The van der Waals surface area contributed by atoms with Gasteiger partial charge in [-0.2, -0.15) is 0 Å². The standard InChI is InChI=1S/C25H25NO5/c27-23(28)11-16-31-22-8-4-3-7-21(22)25(30)12-14-26(15-13-25)24(29)20-10-9-18-5-1-2-6-19(18)17-20/h1-10,17,30H,11-16H2,(H,27,28). The molecule has 1 fully saturated rings. The number of hydrogen-bond acceptors (Lipinski definition) is 4. The maximum atomic E-state index is 13.0. The van der Waals surface area contributed by atoms with Gasteiger partial charge >= 0.3 is 5.97 Å². The molecule has 0 unspecified atom stereocenters. The first kappa shape index (κ1) is 20.9. The number of ether oxygens (including phenoxy) is 1. The largest absolute Gasteiger partial charge is 0.493 e. The Labute approximate surface area is 180 Å². The fourth-order valence-electron chi connectivity index (χ4n) is 4.08. The molecule has 1 aliphatic heterocycles. The summed E-state index contributed by atoms with van der Waals surface area (Å²) in [5, 5.41) is 22.2. The SMILES string of the molecule is O=C(O)CCOc1ccccc1C1(O)CCN(C(=O)c2ccc3ccccc3c2)CC1. The van der Waals surface area contributed by atoms with Gasteiger partial charge in [0.15, 0.2) is 0 Å². The lowest BCUT2D eigenvalue weighted by Gasteiger charge is -2.39. The van der Waals surface area contributed by atoms with Gasteiger partial charge in [0.1, 0.15) is 5.75 Å². The first-order valence-electron chi connectivity index (χ1n) is 10.4. The molecule has 4 rings (SSSR count). The van der Waals surface area contributed by atoms with E-state index in [1.165, 1.54) is 0 Å². The molecule has 3 aromatic carbocycles. The van der Waals surface area contributed by atoms with E-state index in [1.54, 1.807) is 23.1 Å². The number of para-hydroxylation sites is 1. The molecule has 31 heavy (non-hydrogen) atoms. The summed E-state index contributed by atoms with van der Waals surface area (Å²) in [6.45, 7) is 0.881. The number of likely N-dealkylation sites (tertiary alicyclic amines) is 1. The topological polar surface area (TPSA) is 87.1 Å². The number of carboxylic acid groups (broad SMARTS) is 1. The Morgan fingerprint density at radius 1 is 0.935 bits per heavy atom. The van der Waals surface area contributed by atoms with Crippen LogP contribution in [-0.4, -0.2) is 46.7 Å². The molecule has 0 atom stereocenters. The fraction of sp³-hybridized carbons (Fsp3) is 0.280. The molecule has 1 heterocycles. The number of fused-ring (bicyclic) bond motifs is 1. The van der Waals surface area contributed by atoms with Crippen LogP contribution in [0.5, 0.6) is 5.75 Å². The third-order valence-electron chi connectivity index (χ3n) is 5.84. The zero-order chi connectivity index (χ0) is 21.8. The molecule has 1 aliphatic rings. The average Bonchev–Trinajstić information content (AvgIpc) is 2.79. The second-order valence-electron chi connectivity index (χ2n) is 7.87. The van der Waals surface area contributed by atoms with Crippen LogP contribution in [-0.2, 0) is 10.4 Å². The van der Waals surface area contributed by atoms with Gasteiger partial charge in [0.25, 0.3) is 5.91 Å². The van der Waals surface area contributed by atoms with Crippen molar-refractivity contribution in [1.29, 1.82) is 0 Å². The highest BCUT2D eigenvalue weighted by Crippen LogP contribution is 2.38. The third-order valence-corrected chi connectivity index (χ3v) is 5.84. The Bertz CT molecular complexity index is 1100. The van der Waals surface area contributed by atoms with E-state index >= 15 is 0 Å². The second kappa shape index (κ2) is 8.78. The average molecular weight is 419 g/mol. The van der Waals surface area contributed by atoms with Gasteiger partial charge in [0, 0.05) is 24.2 Å². The zero-order valence-corrected chi connectivity index (χ0v) is 17.2. The third kappa shape index (κ3) is 4.54. The Kier molecular flexibility index (Phi) is 5.91. The molecule has 3 aromatic rings. The highest BCUT2D eigenvalue weighted by Gasteiger charge is 2.37. The van der Waals surface area contributed by atoms with Gasteiger partial charge in [-0.1, -0.05) is 48.5 Å². The van der Waals surface area contributed by atoms with Crippen molar-refractivity contribution in [2.24, 2.45) is 0 Å². The Balaban J connectivity index is 1.46. The van der Waals surface area contributed by atoms with Crippen molar-refractivity contribution in [2.75, 3.05) is 19.7 Å². The summed E-state index contributed by atoms with van der Waals surface area (Å²) >= 11 is 0. The number of benzene rings is 3. The molecule has 1 amide bonds. The molecule has 6 heteroatoms. The number of aliphatic hydroxyl groups is 1. The van der Waals surface area contributed by atoms with Crippen LogP contribution >= 0.6 is 0 Å². The Morgan fingerprint density at radius 3 is 2.35 bits per heavy atom. The summed E-state index contributed by atoms with van der Waals surface area (Å²) in [6.07, 6.45) is 0.651. The molecule has 1 saturated heterocycles. The predicted molar refractivity (Wildman–Crippen MR) is 117 cm³/mol. The quantitative estimate of drug-likeness (QED) is 0.634. The predicted octanol–water partition coefficient (Wildman–Crippen LogP) is 3.82. The number of piperidine rings is 1. The van der Waals surface area contributed by atoms with Crippen molar-refractivity contribution in [3.8, 4) is 5.75 Å². The molecular weight excluding hydrogens is 394 g/mol. The number of carbonyl (C=O) groups excluding carboxylic acids is 1. The van der Waals surface area contributed by atoms with Crippen LogP contribution in [0.15, 0.2) is 66.7 Å². The minimum Gasteiger partial charge on any atom is -0.493 e. The van der Waals surface area contributed by atoms with E-state index in [-0.39, 0.29) is 18.9 Å². The molecular formula is C25H25NO5. The van der Waals surface area contributed by atoms with Crippen molar-refractivity contribution in [3.63, 3.8) is 0 Å². The van der Waals surface area contributed by atoms with Gasteiger partial charge in [-0.3, -0.25) is 9.59 Å². The van der Waals surface area contributed by atoms with E-state index in [2.05, 4.69) is 0 Å². The molecule has 0 radical (unpaired) electrons. The van der Waals surface area contributed by atoms with E-state index in [1.807, 2.05) is 48.5 Å². The second-order valence-corrected chi connectivity index (χ2v) is 7.87. The Hall–Kier alpha value is -3.38. The smallest absolute Gasteiger partial charge is 0.306 e. The highest BCUT2D eigenvalue weighted by atomic mass is 16.5. The lowest BCUT2D eigenvalue weighted by Crippen LogP contribution is -2.45. The first-order valence-corrected chi connectivity index (χ1v) is 10.4. The molecule has 2 N–H and O–H groups in total. The fourth-order valence-corrected chi connectivity index (χ4v) is 4.08. The van der Waals surface area contributed by atoms with Crippen LogP contribution in [0.3, 0.4) is 0 Å². The minimum absolute atomic E-state index is 0.0367. The number of hydrogen-bond donors (Lipinski definition) is 2. The Morgan fingerprint density at radius 2 is 1.61 bits per heavy atom. The van der Waals surface area contributed by atoms with Gasteiger partial charge in [-0.15, -0.1) is 0 Å². The number of rotatable bonds is 6. The minimum atomic E-state index is -1.13. The molecule has 0 spiro atoms. The molecule has 160 valence electrons. The maximum absolute atomic E-state index is 13.0. The lowest BCUT2D eigenvalue weighted by atomic mass is 9.83. The number of amides is 1. The summed E-state index contributed by atoms with van der Waals surface area (Å²) in [6, 6.07) is 20.8. The summed E-state index contributed by atoms with van der Waals surface area (Å²) in [5.74, 6) is -0.490. The number of carboxylic acids is 1. The molecule has 0 saturated carbocycles. The van der Waals surface area contributed by atoms with E-state index in [9.17, 15) is 14.7 Å². The van der Waals surface area contributed by atoms with Crippen LogP contribution in [0, 0.1) is 0 Å². The molecule has 0 aromatic heterocycles. The maximum Gasteiger partial charge on any atom is 0.306 e. The van der Waals surface area contributed by atoms with Crippen molar-refractivity contribution >= 4 is 22.6 Å². The van der Waals surface area contributed by atoms with Crippen LogP contribution in [0.1, 0.15) is 35.2 Å². The number of aliphatic carboxylic acids is 1. The zero-order valence-electron chi connectivity index (χ0n) is 17.2. The van der Waals surface area contributed by atoms with E-state index in [4.69, 9.17) is 9.84 Å². The van der Waals surface area contributed by atoms with Gasteiger partial charge in [-0.25, -0.2) is 0 Å². The van der Waals surface area contributed by atoms with Gasteiger partial charge in [0.2, 0.25) is 0 Å². The van der Waals surface area contributed by atoms with Crippen LogP contribution in [0.25, 0.3) is 10.8 Å². The van der Waals surface area contributed by atoms with Gasteiger partial charge in [-0.05, 0) is 41.8 Å². The molecule has 6 nitrogen and oxygen atoms in total. The van der Waals surface area contributed by atoms with Crippen molar-refractivity contribution in [1.82, 2.24) is 4.90 Å². The number of carbonyl (C=O) groups is 2. The summed E-state index contributed by atoms with van der Waals surface area (Å²) in [7, 11) is 0. The van der Waals surface area contributed by atoms with Crippen molar-refractivity contribution in [3.05, 3.63) is 77.9 Å². The van der Waals surface area contributed by atoms with Gasteiger partial charge in [0.05, 0.1) is 18.6 Å². The molecule has 0 bridgehead atoms. The van der Waals surface area contributed by atoms with E-state index in [0.717, 1.165) is 10.8 Å². The van der Waals surface area contributed by atoms with Crippen LogP contribution < -0.4 is 4.74 Å². The monoisotopic (exact) mass is 419 g/mol. The van der Waals surface area contributed by atoms with Crippen molar-refractivity contribution < 1.29 is 24.5 Å². The lowest BCUT2D eigenvalue weighted by molar-refractivity contribution is -0.137. The van der Waals surface area contributed by atoms with Gasteiger partial charge < -0.3 is 19.8 Å². The van der Waals surface area contributed by atoms with Crippen LogP contribution in [0.4, 0.5) is 0 Å². The summed E-state index contributed by atoms with van der Waals surface area (Å²) < 4.78 is 5.63. The number of nitrogens with zero attached hydrogens (tertiary/aromatic N) is 1. The van der Waals surface area contributed by atoms with E-state index < -0.39 is 11.6 Å². The van der Waals surface area contributed by atoms with Crippen LogP contribution in [0.2, 0.25) is 0 Å². The van der Waals surface area contributed by atoms with Crippen molar-refractivity contribution in [2.45, 2.75) is 24.9 Å². The normalized spacial score (nSPS) is 15.6. The van der Waals surface area contributed by atoms with E-state index in [0.29, 0.717) is 42.8 Å². The highest BCUT2D eigenvalue weighted by molar-refractivity contribution is 5.98. The summed E-state index contributed by atoms with van der Waals surface area (Å²) in [5.41, 5.74) is 0.153. The summed E-state index contributed by atoms with van der Waals surface area (Å²) in [4.78, 5) is 25.6. The molecule has 0 aliphatic carbocycles.